The number of carboxylic acids is 1. The average molecular weight is 309 g/mol. The van der Waals surface area contributed by atoms with E-state index in [4.69, 9.17) is 5.11 Å². The fraction of sp³-hybridized carbons (Fsp3) is 0.750. The highest BCUT2D eigenvalue weighted by Crippen LogP contribution is 2.08. The summed E-state index contributed by atoms with van der Waals surface area (Å²) >= 11 is 0. The molecule has 0 unspecified atom stereocenters. The van der Waals surface area contributed by atoms with Gasteiger partial charge in [-0.15, -0.1) is 0 Å². The fourth-order valence-corrected chi connectivity index (χ4v) is 2.40. The van der Waals surface area contributed by atoms with Crippen LogP contribution >= 0.6 is 0 Å². The first-order valence-corrected chi connectivity index (χ1v) is 9.29. The van der Waals surface area contributed by atoms with Gasteiger partial charge in [0.2, 0.25) is 0 Å². The molecule has 22 heavy (non-hydrogen) atoms. The predicted molar refractivity (Wildman–Crippen MR) is 96.2 cm³/mol. The van der Waals surface area contributed by atoms with E-state index in [1.54, 1.807) is 0 Å². The zero-order valence-electron chi connectivity index (χ0n) is 14.6. The maximum Gasteiger partial charge on any atom is 0.303 e. The molecule has 128 valence electrons. The molecule has 0 atom stereocenters. The van der Waals surface area contributed by atoms with Crippen molar-refractivity contribution in [3.63, 3.8) is 0 Å². The molecule has 0 aliphatic carbocycles. The Kier molecular flexibility index (Phi) is 17.1. The van der Waals surface area contributed by atoms with E-state index in [0.717, 1.165) is 25.7 Å². The maximum atomic E-state index is 10.3. The predicted octanol–water partition coefficient (Wildman–Crippen LogP) is 6.66. The molecular formula is C20H36O2. The molecule has 0 bridgehead atoms. The number of allylic oxidation sites excluding steroid dienone is 4. The Morgan fingerprint density at radius 1 is 0.682 bits per heavy atom. The topological polar surface area (TPSA) is 37.3 Å². The van der Waals surface area contributed by atoms with E-state index < -0.39 is 5.97 Å². The van der Waals surface area contributed by atoms with E-state index in [0.29, 0.717) is 6.42 Å². The molecule has 1 N–H and O–H groups in total. The molecule has 0 spiro atoms. The third-order valence-electron chi connectivity index (χ3n) is 3.81. The third kappa shape index (κ3) is 18.9. The Balaban J connectivity index is 3.16. The van der Waals surface area contributed by atoms with Crippen molar-refractivity contribution in [2.45, 2.75) is 96.8 Å². The van der Waals surface area contributed by atoms with Crippen LogP contribution in [0.1, 0.15) is 96.8 Å². The largest absolute Gasteiger partial charge is 0.481 e. The fourth-order valence-electron chi connectivity index (χ4n) is 2.40. The van der Waals surface area contributed by atoms with Crippen LogP contribution in [-0.4, -0.2) is 11.1 Å². The summed E-state index contributed by atoms with van der Waals surface area (Å²) in [5, 5.41) is 8.52. The van der Waals surface area contributed by atoms with Crippen LogP contribution in [0, 0.1) is 0 Å². The lowest BCUT2D eigenvalue weighted by atomic mass is 10.1. The summed E-state index contributed by atoms with van der Waals surface area (Å²) in [6.07, 6.45) is 25.2. The second kappa shape index (κ2) is 18.0. The second-order valence-corrected chi connectivity index (χ2v) is 6.07. The van der Waals surface area contributed by atoms with Crippen molar-refractivity contribution in [1.82, 2.24) is 0 Å². The van der Waals surface area contributed by atoms with Crippen molar-refractivity contribution in [3.05, 3.63) is 24.3 Å². The van der Waals surface area contributed by atoms with Gasteiger partial charge in [-0.25, -0.2) is 0 Å². The van der Waals surface area contributed by atoms with Gasteiger partial charge in [-0.1, -0.05) is 56.9 Å². The Bertz CT molecular complexity index is 292. The molecule has 0 rings (SSSR count). The van der Waals surface area contributed by atoms with Gasteiger partial charge in [0, 0.05) is 6.42 Å². The lowest BCUT2D eigenvalue weighted by molar-refractivity contribution is -0.137. The highest BCUT2D eigenvalue weighted by molar-refractivity contribution is 5.66. The normalized spacial score (nSPS) is 11.7. The molecule has 0 saturated carbocycles. The first-order chi connectivity index (χ1) is 10.8. The molecule has 0 heterocycles. The van der Waals surface area contributed by atoms with Crippen molar-refractivity contribution in [2.75, 3.05) is 0 Å². The summed E-state index contributed by atoms with van der Waals surface area (Å²) in [6, 6.07) is 0. The van der Waals surface area contributed by atoms with Crippen molar-refractivity contribution in [3.8, 4) is 0 Å². The molecule has 2 heteroatoms. The summed E-state index contributed by atoms with van der Waals surface area (Å²) in [6.45, 7) is 2.25. The maximum absolute atomic E-state index is 10.3. The summed E-state index contributed by atoms with van der Waals surface area (Å²) in [4.78, 5) is 10.3. The molecule has 0 aliphatic rings. The molecule has 0 aromatic rings. The average Bonchev–Trinajstić information content (AvgIpc) is 2.50. The van der Waals surface area contributed by atoms with Gasteiger partial charge in [0.1, 0.15) is 0 Å². The zero-order valence-corrected chi connectivity index (χ0v) is 14.6. The first-order valence-electron chi connectivity index (χ1n) is 9.29. The first kappa shape index (κ1) is 20.9. The lowest BCUT2D eigenvalue weighted by Gasteiger charge is -1.97. The minimum atomic E-state index is -0.671. The monoisotopic (exact) mass is 308 g/mol. The van der Waals surface area contributed by atoms with E-state index in [9.17, 15) is 4.79 Å². The summed E-state index contributed by atoms with van der Waals surface area (Å²) < 4.78 is 0. The number of carbonyl (C=O) groups is 1. The van der Waals surface area contributed by atoms with Crippen molar-refractivity contribution < 1.29 is 9.90 Å². The number of aliphatic carboxylic acids is 1. The summed E-state index contributed by atoms with van der Waals surface area (Å²) in [5.74, 6) is -0.671. The van der Waals surface area contributed by atoms with Crippen molar-refractivity contribution in [2.24, 2.45) is 0 Å². The third-order valence-corrected chi connectivity index (χ3v) is 3.81. The van der Waals surface area contributed by atoms with Crippen molar-refractivity contribution >= 4 is 5.97 Å². The van der Waals surface area contributed by atoms with Crippen LogP contribution in [0.5, 0.6) is 0 Å². The summed E-state index contributed by atoms with van der Waals surface area (Å²) in [7, 11) is 0. The Morgan fingerprint density at radius 3 is 1.55 bits per heavy atom. The van der Waals surface area contributed by atoms with Crippen molar-refractivity contribution in [1.29, 1.82) is 0 Å². The molecule has 0 aromatic heterocycles. The number of hydrogen-bond acceptors (Lipinski definition) is 1. The second-order valence-electron chi connectivity index (χ2n) is 6.07. The van der Waals surface area contributed by atoms with E-state index in [2.05, 4.69) is 31.2 Å². The van der Waals surface area contributed by atoms with Gasteiger partial charge in [0.05, 0.1) is 0 Å². The Labute approximate surface area is 137 Å². The molecule has 0 radical (unpaired) electrons. The quantitative estimate of drug-likeness (QED) is 0.255. The van der Waals surface area contributed by atoms with Crippen LogP contribution in [0.25, 0.3) is 0 Å². The molecule has 0 fully saturated rings. The molecule has 0 amide bonds. The zero-order chi connectivity index (χ0) is 16.3. The van der Waals surface area contributed by atoms with Gasteiger partial charge >= 0.3 is 5.97 Å². The Morgan fingerprint density at radius 2 is 1.09 bits per heavy atom. The minimum absolute atomic E-state index is 0.322. The lowest BCUT2D eigenvalue weighted by Crippen LogP contribution is -1.93. The van der Waals surface area contributed by atoms with E-state index in [1.807, 2.05) is 0 Å². The van der Waals surface area contributed by atoms with Crippen LogP contribution in [0.2, 0.25) is 0 Å². The number of hydrogen-bond donors (Lipinski definition) is 1. The van der Waals surface area contributed by atoms with E-state index >= 15 is 0 Å². The van der Waals surface area contributed by atoms with Gasteiger partial charge < -0.3 is 5.11 Å². The highest BCUT2D eigenvalue weighted by atomic mass is 16.4. The minimum Gasteiger partial charge on any atom is -0.481 e. The highest BCUT2D eigenvalue weighted by Gasteiger charge is 1.95. The van der Waals surface area contributed by atoms with E-state index in [1.165, 1.54) is 57.8 Å². The van der Waals surface area contributed by atoms with Crippen LogP contribution < -0.4 is 0 Å². The summed E-state index contributed by atoms with van der Waals surface area (Å²) in [5.41, 5.74) is 0. The van der Waals surface area contributed by atoms with Gasteiger partial charge in [0.25, 0.3) is 0 Å². The van der Waals surface area contributed by atoms with Gasteiger partial charge in [-0.05, 0) is 57.8 Å². The molecule has 0 aromatic carbocycles. The standard InChI is InChI=1S/C20H36O2/c1-2-3-4-5-6-7-8-9-10-11-12-13-14-15-16-17-18-19-20(21)22/h6-7,12-13H,2-5,8-11,14-19H2,1H3,(H,21,22). The van der Waals surface area contributed by atoms with Crippen LogP contribution in [0.4, 0.5) is 0 Å². The molecule has 0 saturated heterocycles. The van der Waals surface area contributed by atoms with Gasteiger partial charge in [0.15, 0.2) is 0 Å². The van der Waals surface area contributed by atoms with E-state index in [-0.39, 0.29) is 0 Å². The molecule has 0 aliphatic heterocycles. The number of unbranched alkanes of at least 4 members (excludes halogenated alkanes) is 10. The smallest absolute Gasteiger partial charge is 0.303 e. The van der Waals surface area contributed by atoms with Crippen LogP contribution in [0.15, 0.2) is 24.3 Å². The number of rotatable bonds is 16. The SMILES string of the molecule is CCCCCC=CCCCCC=CCCCCCCC(=O)O. The van der Waals surface area contributed by atoms with Gasteiger partial charge in [-0.3, -0.25) is 4.79 Å². The van der Waals surface area contributed by atoms with Crippen LogP contribution in [-0.2, 0) is 4.79 Å². The number of carboxylic acid groups (broad SMARTS) is 1. The van der Waals surface area contributed by atoms with Gasteiger partial charge in [-0.2, -0.15) is 0 Å². The molecule has 2 nitrogen and oxygen atoms in total. The Hall–Kier alpha value is -1.05. The molecular weight excluding hydrogens is 272 g/mol. The van der Waals surface area contributed by atoms with Crippen LogP contribution in [0.3, 0.4) is 0 Å².